The summed E-state index contributed by atoms with van der Waals surface area (Å²) in [5, 5.41) is 2.69. The second kappa shape index (κ2) is 6.27. The van der Waals surface area contributed by atoms with Crippen molar-refractivity contribution in [2.24, 2.45) is 0 Å². The second-order valence-electron chi connectivity index (χ2n) is 4.37. The van der Waals surface area contributed by atoms with Crippen molar-refractivity contribution in [3.8, 4) is 0 Å². The summed E-state index contributed by atoms with van der Waals surface area (Å²) in [6.07, 6.45) is 0. The van der Waals surface area contributed by atoms with Crippen LogP contribution in [0.15, 0.2) is 45.1 Å². The molecule has 1 aromatic carbocycles. The summed E-state index contributed by atoms with van der Waals surface area (Å²) < 4.78 is 26.1. The minimum absolute atomic E-state index is 0.137. The molecule has 0 unspecified atom stereocenters. The van der Waals surface area contributed by atoms with Gasteiger partial charge in [-0.3, -0.25) is 4.79 Å². The van der Waals surface area contributed by atoms with Crippen molar-refractivity contribution in [2.45, 2.75) is 4.90 Å². The van der Waals surface area contributed by atoms with Gasteiger partial charge in [0.25, 0.3) is 5.91 Å². The van der Waals surface area contributed by atoms with Gasteiger partial charge in [0, 0.05) is 19.8 Å². The first kappa shape index (κ1) is 16.2. The Balaban J connectivity index is 2.25. The van der Waals surface area contributed by atoms with E-state index < -0.39 is 10.0 Å². The first-order valence-corrected chi connectivity index (χ1v) is 8.95. The molecule has 21 heavy (non-hydrogen) atoms. The van der Waals surface area contributed by atoms with Crippen LogP contribution in [0.4, 0.5) is 5.69 Å². The van der Waals surface area contributed by atoms with Crippen LogP contribution < -0.4 is 5.32 Å². The maximum atomic E-state index is 12.1. The van der Waals surface area contributed by atoms with Crippen LogP contribution in [-0.2, 0) is 10.0 Å². The molecular formula is C13H13BrN2O3S2. The van der Waals surface area contributed by atoms with Crippen LogP contribution in [0.2, 0.25) is 0 Å². The summed E-state index contributed by atoms with van der Waals surface area (Å²) >= 11 is 4.60. The maximum absolute atomic E-state index is 12.1. The van der Waals surface area contributed by atoms with E-state index in [0.717, 1.165) is 8.09 Å². The van der Waals surface area contributed by atoms with Gasteiger partial charge in [-0.05, 0) is 46.3 Å². The van der Waals surface area contributed by atoms with Gasteiger partial charge in [-0.15, -0.1) is 11.3 Å². The zero-order chi connectivity index (χ0) is 15.6. The van der Waals surface area contributed by atoms with Crippen LogP contribution in [0.25, 0.3) is 0 Å². The number of amides is 1. The molecule has 1 amide bonds. The van der Waals surface area contributed by atoms with Crippen molar-refractivity contribution < 1.29 is 13.2 Å². The van der Waals surface area contributed by atoms with Crippen LogP contribution in [0.1, 0.15) is 9.67 Å². The Morgan fingerprint density at radius 3 is 2.52 bits per heavy atom. The third-order valence-corrected chi connectivity index (χ3v) is 6.10. The van der Waals surface area contributed by atoms with Gasteiger partial charge in [-0.2, -0.15) is 0 Å². The van der Waals surface area contributed by atoms with E-state index in [-0.39, 0.29) is 10.8 Å². The van der Waals surface area contributed by atoms with E-state index in [2.05, 4.69) is 21.2 Å². The van der Waals surface area contributed by atoms with Gasteiger partial charge in [0.1, 0.15) is 0 Å². The number of hydrogen-bond donors (Lipinski definition) is 1. The van der Waals surface area contributed by atoms with Gasteiger partial charge < -0.3 is 5.32 Å². The summed E-state index contributed by atoms with van der Waals surface area (Å²) in [7, 11) is -0.594. The number of halogens is 1. The highest BCUT2D eigenvalue weighted by molar-refractivity contribution is 9.11. The van der Waals surface area contributed by atoms with Crippen molar-refractivity contribution in [2.75, 3.05) is 19.4 Å². The summed E-state index contributed by atoms with van der Waals surface area (Å²) in [5.74, 6) is -0.273. The molecule has 0 atom stereocenters. The average molecular weight is 389 g/mol. The Bertz CT molecular complexity index is 769. The van der Waals surface area contributed by atoms with E-state index >= 15 is 0 Å². The minimum atomic E-state index is -3.52. The number of rotatable bonds is 4. The number of thiophene rings is 1. The van der Waals surface area contributed by atoms with Crippen molar-refractivity contribution in [3.05, 3.63) is 45.1 Å². The summed E-state index contributed by atoms with van der Waals surface area (Å²) in [6.45, 7) is 0. The Morgan fingerprint density at radius 1 is 1.24 bits per heavy atom. The fraction of sp³-hybridized carbons (Fsp3) is 0.154. The van der Waals surface area contributed by atoms with Crippen LogP contribution in [-0.4, -0.2) is 32.7 Å². The molecule has 5 nitrogen and oxygen atoms in total. The highest BCUT2D eigenvalue weighted by Gasteiger charge is 2.18. The number of sulfonamides is 1. The lowest BCUT2D eigenvalue weighted by Gasteiger charge is -2.12. The van der Waals surface area contributed by atoms with E-state index in [1.807, 2.05) is 0 Å². The molecule has 0 saturated heterocycles. The molecule has 0 aliphatic rings. The lowest BCUT2D eigenvalue weighted by molar-refractivity contribution is 0.103. The highest BCUT2D eigenvalue weighted by atomic mass is 79.9. The van der Waals surface area contributed by atoms with Crippen LogP contribution in [0, 0.1) is 0 Å². The molecule has 8 heteroatoms. The summed E-state index contributed by atoms with van der Waals surface area (Å²) in [4.78, 5) is 12.7. The van der Waals surface area contributed by atoms with Gasteiger partial charge in [0.2, 0.25) is 10.0 Å². The predicted octanol–water partition coefficient (Wildman–Crippen LogP) is 3.01. The molecule has 1 N–H and O–H groups in total. The first-order valence-electron chi connectivity index (χ1n) is 5.90. The van der Waals surface area contributed by atoms with Gasteiger partial charge in [0.15, 0.2) is 0 Å². The summed E-state index contributed by atoms with van der Waals surface area (Å²) in [5.41, 5.74) is 0.437. The molecule has 0 spiro atoms. The highest BCUT2D eigenvalue weighted by Crippen LogP contribution is 2.24. The number of nitrogens with zero attached hydrogens (tertiary/aromatic N) is 1. The number of benzene rings is 1. The lowest BCUT2D eigenvalue weighted by atomic mass is 10.3. The minimum Gasteiger partial charge on any atom is -0.321 e. The van der Waals surface area contributed by atoms with E-state index in [0.29, 0.717) is 10.6 Å². The lowest BCUT2D eigenvalue weighted by Crippen LogP contribution is -2.22. The van der Waals surface area contributed by atoms with Crippen LogP contribution >= 0.6 is 27.3 Å². The van der Waals surface area contributed by atoms with Gasteiger partial charge in [-0.1, -0.05) is 6.07 Å². The molecule has 0 saturated carbocycles. The Kier molecular flexibility index (Phi) is 4.82. The van der Waals surface area contributed by atoms with Gasteiger partial charge >= 0.3 is 0 Å². The molecule has 2 rings (SSSR count). The number of hydrogen-bond acceptors (Lipinski definition) is 4. The SMILES string of the molecule is CN(C)S(=O)(=O)c1cccc(NC(=O)c2ccc(Br)s2)c1. The fourth-order valence-electron chi connectivity index (χ4n) is 1.57. The Hall–Kier alpha value is -1.22. The Morgan fingerprint density at radius 2 is 1.95 bits per heavy atom. The van der Waals surface area contributed by atoms with Crippen molar-refractivity contribution >= 4 is 48.9 Å². The number of nitrogens with one attached hydrogen (secondary N) is 1. The van der Waals surface area contributed by atoms with E-state index in [4.69, 9.17) is 0 Å². The molecule has 0 fully saturated rings. The third kappa shape index (κ3) is 3.70. The van der Waals surface area contributed by atoms with E-state index in [1.165, 1.54) is 37.6 Å². The predicted molar refractivity (Wildman–Crippen MR) is 87.3 cm³/mol. The number of carbonyl (C=O) groups excluding carboxylic acids is 1. The normalized spacial score (nSPS) is 11.6. The standard InChI is InChI=1S/C13H13BrN2O3S2/c1-16(2)21(18,19)10-5-3-4-9(8-10)15-13(17)11-6-7-12(14)20-11/h3-8H,1-2H3,(H,15,17). The molecule has 1 aromatic heterocycles. The molecule has 0 bridgehead atoms. The molecular weight excluding hydrogens is 376 g/mol. The van der Waals surface area contributed by atoms with Crippen molar-refractivity contribution in [1.82, 2.24) is 4.31 Å². The smallest absolute Gasteiger partial charge is 0.265 e. The molecule has 2 aromatic rings. The summed E-state index contributed by atoms with van der Waals surface area (Å²) in [6, 6.07) is 9.66. The topological polar surface area (TPSA) is 66.5 Å². The Labute approximate surface area is 135 Å². The zero-order valence-electron chi connectivity index (χ0n) is 11.3. The quantitative estimate of drug-likeness (QED) is 0.874. The zero-order valence-corrected chi connectivity index (χ0v) is 14.5. The molecule has 112 valence electrons. The van der Waals surface area contributed by atoms with Crippen molar-refractivity contribution in [1.29, 1.82) is 0 Å². The van der Waals surface area contributed by atoms with E-state index in [1.54, 1.807) is 24.3 Å². The molecule has 0 aliphatic carbocycles. The van der Waals surface area contributed by atoms with Crippen LogP contribution in [0.3, 0.4) is 0 Å². The second-order valence-corrected chi connectivity index (χ2v) is 8.99. The van der Waals surface area contributed by atoms with Crippen LogP contribution in [0.5, 0.6) is 0 Å². The van der Waals surface area contributed by atoms with E-state index in [9.17, 15) is 13.2 Å². The molecule has 0 radical (unpaired) electrons. The molecule has 0 aliphatic heterocycles. The van der Waals surface area contributed by atoms with Crippen molar-refractivity contribution in [3.63, 3.8) is 0 Å². The first-order chi connectivity index (χ1) is 9.80. The monoisotopic (exact) mass is 388 g/mol. The fourth-order valence-corrected chi connectivity index (χ4v) is 3.80. The third-order valence-electron chi connectivity index (χ3n) is 2.67. The number of carbonyl (C=O) groups is 1. The average Bonchev–Trinajstić information content (AvgIpc) is 2.85. The maximum Gasteiger partial charge on any atom is 0.265 e. The van der Waals surface area contributed by atoms with Gasteiger partial charge in [0.05, 0.1) is 13.6 Å². The number of anilines is 1. The molecule has 1 heterocycles. The van der Waals surface area contributed by atoms with Gasteiger partial charge in [-0.25, -0.2) is 12.7 Å². The largest absolute Gasteiger partial charge is 0.321 e.